The second-order valence-corrected chi connectivity index (χ2v) is 4.37. The normalized spacial score (nSPS) is 11.1. The summed E-state index contributed by atoms with van der Waals surface area (Å²) < 4.78 is 54.9. The van der Waals surface area contributed by atoms with Crippen LogP contribution in [-0.2, 0) is 11.0 Å². The molecule has 0 saturated heterocycles. The van der Waals surface area contributed by atoms with Gasteiger partial charge in [-0.2, -0.15) is 13.2 Å². The van der Waals surface area contributed by atoms with Gasteiger partial charge in [0, 0.05) is 5.69 Å². The number of rotatable bonds is 4. The van der Waals surface area contributed by atoms with Crippen molar-refractivity contribution in [2.45, 2.75) is 6.18 Å². The van der Waals surface area contributed by atoms with E-state index in [9.17, 15) is 22.4 Å². The van der Waals surface area contributed by atoms with E-state index in [2.05, 4.69) is 5.32 Å². The number of anilines is 1. The van der Waals surface area contributed by atoms with Crippen molar-refractivity contribution in [2.75, 3.05) is 11.9 Å². The molecule has 0 atom stereocenters. The molecule has 0 aromatic heterocycles. The minimum atomic E-state index is -4.42. The van der Waals surface area contributed by atoms with Gasteiger partial charge < -0.3 is 10.1 Å². The third-order valence-corrected chi connectivity index (χ3v) is 2.68. The molecule has 0 unspecified atom stereocenters. The van der Waals surface area contributed by atoms with Crippen LogP contribution in [0.2, 0.25) is 0 Å². The summed E-state index contributed by atoms with van der Waals surface area (Å²) in [5, 5.41) is 2.40. The zero-order valence-corrected chi connectivity index (χ0v) is 11.2. The number of carbonyl (C=O) groups excluding carboxylic acids is 1. The lowest BCUT2D eigenvalue weighted by molar-refractivity contribution is -0.137. The molecule has 0 spiro atoms. The molecule has 0 radical (unpaired) electrons. The first-order chi connectivity index (χ1) is 10.3. The molecule has 0 saturated carbocycles. The van der Waals surface area contributed by atoms with Crippen LogP contribution in [0.5, 0.6) is 5.75 Å². The van der Waals surface area contributed by atoms with Gasteiger partial charge in [0.1, 0.15) is 11.6 Å². The summed E-state index contributed by atoms with van der Waals surface area (Å²) in [4.78, 5) is 11.6. The van der Waals surface area contributed by atoms with Crippen molar-refractivity contribution in [3.8, 4) is 5.75 Å². The lowest BCUT2D eigenvalue weighted by Gasteiger charge is -2.09. The summed E-state index contributed by atoms with van der Waals surface area (Å²) in [7, 11) is 0. The second kappa shape index (κ2) is 6.46. The molecule has 0 bridgehead atoms. The van der Waals surface area contributed by atoms with Crippen LogP contribution < -0.4 is 10.1 Å². The van der Waals surface area contributed by atoms with E-state index in [0.29, 0.717) is 5.75 Å². The largest absolute Gasteiger partial charge is 0.484 e. The first kappa shape index (κ1) is 15.8. The number of hydrogen-bond acceptors (Lipinski definition) is 2. The highest BCUT2D eigenvalue weighted by atomic mass is 19.4. The Morgan fingerprint density at radius 3 is 2.14 bits per heavy atom. The van der Waals surface area contributed by atoms with Crippen LogP contribution in [-0.4, -0.2) is 12.5 Å². The number of alkyl halides is 3. The van der Waals surface area contributed by atoms with Crippen LogP contribution in [0, 0.1) is 5.82 Å². The van der Waals surface area contributed by atoms with E-state index in [1.807, 2.05) is 0 Å². The number of halogens is 4. The summed E-state index contributed by atoms with van der Waals surface area (Å²) in [5.74, 6) is -0.658. The quantitative estimate of drug-likeness (QED) is 0.870. The van der Waals surface area contributed by atoms with Crippen molar-refractivity contribution in [3.63, 3.8) is 0 Å². The van der Waals surface area contributed by atoms with Crippen LogP contribution in [0.3, 0.4) is 0 Å². The topological polar surface area (TPSA) is 38.3 Å². The van der Waals surface area contributed by atoms with Crippen molar-refractivity contribution in [3.05, 3.63) is 59.9 Å². The maximum absolute atomic E-state index is 12.7. The Kier molecular flexibility index (Phi) is 4.65. The molecule has 1 amide bonds. The van der Waals surface area contributed by atoms with Crippen LogP contribution in [0.25, 0.3) is 0 Å². The first-order valence-corrected chi connectivity index (χ1v) is 6.20. The van der Waals surface area contributed by atoms with Gasteiger partial charge in [-0.05, 0) is 48.5 Å². The number of carbonyl (C=O) groups is 1. The molecule has 0 aliphatic rings. The zero-order valence-electron chi connectivity index (χ0n) is 11.2. The Labute approximate surface area is 123 Å². The van der Waals surface area contributed by atoms with Crippen LogP contribution in [0.4, 0.5) is 23.2 Å². The summed E-state index contributed by atoms with van der Waals surface area (Å²) >= 11 is 0. The molecule has 2 rings (SSSR count). The Morgan fingerprint density at radius 1 is 1.00 bits per heavy atom. The lowest BCUT2D eigenvalue weighted by atomic mass is 10.2. The fourth-order valence-electron chi connectivity index (χ4n) is 1.62. The maximum Gasteiger partial charge on any atom is 0.416 e. The van der Waals surface area contributed by atoms with E-state index >= 15 is 0 Å². The lowest BCUT2D eigenvalue weighted by Crippen LogP contribution is -2.20. The monoisotopic (exact) mass is 313 g/mol. The zero-order chi connectivity index (χ0) is 16.2. The number of hydrogen-bond donors (Lipinski definition) is 1. The Balaban J connectivity index is 1.88. The highest BCUT2D eigenvalue weighted by molar-refractivity contribution is 5.91. The SMILES string of the molecule is O=C(COc1ccc(F)cc1)Nc1ccc(C(F)(F)F)cc1. The number of benzene rings is 2. The van der Waals surface area contributed by atoms with Gasteiger partial charge in [-0.1, -0.05) is 0 Å². The Morgan fingerprint density at radius 2 is 1.59 bits per heavy atom. The molecular formula is C15H11F4NO2. The summed E-state index contributed by atoms with van der Waals surface area (Å²) in [6, 6.07) is 9.14. The van der Waals surface area contributed by atoms with Crippen molar-refractivity contribution >= 4 is 11.6 Å². The van der Waals surface area contributed by atoms with Crippen LogP contribution >= 0.6 is 0 Å². The average molecular weight is 313 g/mol. The molecule has 3 nitrogen and oxygen atoms in total. The predicted octanol–water partition coefficient (Wildman–Crippen LogP) is 3.86. The van der Waals surface area contributed by atoms with Crippen LogP contribution in [0.1, 0.15) is 5.56 Å². The molecule has 116 valence electrons. The molecule has 0 aliphatic heterocycles. The van der Waals surface area contributed by atoms with Gasteiger partial charge in [0.15, 0.2) is 6.61 Å². The highest BCUT2D eigenvalue weighted by Crippen LogP contribution is 2.29. The predicted molar refractivity (Wildman–Crippen MR) is 72.0 cm³/mol. The van der Waals surface area contributed by atoms with Gasteiger partial charge in [0.05, 0.1) is 5.56 Å². The van der Waals surface area contributed by atoms with E-state index < -0.39 is 23.5 Å². The first-order valence-electron chi connectivity index (χ1n) is 6.20. The van der Waals surface area contributed by atoms with Crippen molar-refractivity contribution in [1.29, 1.82) is 0 Å². The number of amides is 1. The van der Waals surface area contributed by atoms with Gasteiger partial charge in [-0.25, -0.2) is 4.39 Å². The van der Waals surface area contributed by atoms with Gasteiger partial charge in [0.25, 0.3) is 5.91 Å². The molecule has 2 aromatic rings. The second-order valence-electron chi connectivity index (χ2n) is 4.37. The van der Waals surface area contributed by atoms with Crippen molar-refractivity contribution in [2.24, 2.45) is 0 Å². The molecule has 0 aliphatic carbocycles. The smallest absolute Gasteiger partial charge is 0.416 e. The Bertz CT molecular complexity index is 636. The molecule has 22 heavy (non-hydrogen) atoms. The van der Waals surface area contributed by atoms with E-state index in [4.69, 9.17) is 4.74 Å². The summed E-state index contributed by atoms with van der Waals surface area (Å²) in [5.41, 5.74) is -0.575. The standard InChI is InChI=1S/C15H11F4NO2/c16-11-3-7-13(8-4-11)22-9-14(21)20-12-5-1-10(2-6-12)15(17,18)19/h1-8H,9H2,(H,20,21). The van der Waals surface area contributed by atoms with E-state index in [1.54, 1.807) is 0 Å². The molecule has 2 aromatic carbocycles. The fraction of sp³-hybridized carbons (Fsp3) is 0.133. The fourth-order valence-corrected chi connectivity index (χ4v) is 1.62. The van der Waals surface area contributed by atoms with Gasteiger partial charge in [-0.3, -0.25) is 4.79 Å². The van der Waals surface area contributed by atoms with E-state index in [1.165, 1.54) is 24.3 Å². The summed E-state index contributed by atoms with van der Waals surface area (Å²) in [6.45, 7) is -0.341. The van der Waals surface area contributed by atoms with Gasteiger partial charge in [-0.15, -0.1) is 0 Å². The van der Waals surface area contributed by atoms with Crippen LogP contribution in [0.15, 0.2) is 48.5 Å². The molecule has 7 heteroatoms. The van der Waals surface area contributed by atoms with Crippen molar-refractivity contribution in [1.82, 2.24) is 0 Å². The minimum absolute atomic E-state index is 0.223. The average Bonchev–Trinajstić information content (AvgIpc) is 2.46. The molecule has 0 fully saturated rings. The highest BCUT2D eigenvalue weighted by Gasteiger charge is 2.29. The van der Waals surface area contributed by atoms with E-state index in [-0.39, 0.29) is 12.3 Å². The molecule has 0 heterocycles. The summed E-state index contributed by atoms with van der Waals surface area (Å²) in [6.07, 6.45) is -4.42. The molecule has 1 N–H and O–H groups in total. The minimum Gasteiger partial charge on any atom is -0.484 e. The van der Waals surface area contributed by atoms with Gasteiger partial charge in [0.2, 0.25) is 0 Å². The third-order valence-electron chi connectivity index (χ3n) is 2.68. The number of nitrogens with one attached hydrogen (secondary N) is 1. The van der Waals surface area contributed by atoms with Crippen molar-refractivity contribution < 1.29 is 27.1 Å². The Hall–Kier alpha value is -2.57. The third kappa shape index (κ3) is 4.47. The number of ether oxygens (including phenoxy) is 1. The van der Waals surface area contributed by atoms with E-state index in [0.717, 1.165) is 24.3 Å². The molecular weight excluding hydrogens is 302 g/mol. The van der Waals surface area contributed by atoms with Gasteiger partial charge >= 0.3 is 6.18 Å². The maximum atomic E-state index is 12.7.